The van der Waals surface area contributed by atoms with Gasteiger partial charge in [0.05, 0.1) is 12.0 Å². The molecule has 0 unspecified atom stereocenters. The van der Waals surface area contributed by atoms with Crippen molar-refractivity contribution >= 4 is 33.3 Å². The number of aryl methyl sites for hydroxylation is 2. The first kappa shape index (κ1) is 17.1. The summed E-state index contributed by atoms with van der Waals surface area (Å²) in [5.41, 5.74) is 0.900. The molecule has 3 heterocycles. The number of fused-ring (bicyclic) bond motifs is 1. The summed E-state index contributed by atoms with van der Waals surface area (Å²) >= 11 is 1.38. The summed E-state index contributed by atoms with van der Waals surface area (Å²) in [6, 6.07) is 0. The highest BCUT2D eigenvalue weighted by Crippen LogP contribution is 2.34. The maximum atomic E-state index is 12.1. The molecule has 0 radical (unpaired) electrons. The lowest BCUT2D eigenvalue weighted by atomic mass is 10.2. The number of likely N-dealkylation sites (tertiary alicyclic amines) is 1. The molecule has 1 N–H and O–H groups in total. The van der Waals surface area contributed by atoms with E-state index < -0.39 is 0 Å². The molecule has 1 saturated heterocycles. The number of rotatable bonds is 6. The maximum absolute atomic E-state index is 12.1. The molecule has 1 aliphatic heterocycles. The molecule has 0 saturated carbocycles. The van der Waals surface area contributed by atoms with Gasteiger partial charge < -0.3 is 15.0 Å². The van der Waals surface area contributed by atoms with Gasteiger partial charge in [0.25, 0.3) is 0 Å². The number of anilines is 1. The van der Waals surface area contributed by atoms with Gasteiger partial charge in [-0.1, -0.05) is 0 Å². The van der Waals surface area contributed by atoms with Crippen LogP contribution in [-0.4, -0.2) is 53.6 Å². The summed E-state index contributed by atoms with van der Waals surface area (Å²) in [7, 11) is 0. The lowest BCUT2D eigenvalue weighted by Crippen LogP contribution is -2.26. The minimum atomic E-state index is -0.279. The molecular formula is C17H24N4O2S. The molecule has 1 aliphatic rings. The lowest BCUT2D eigenvalue weighted by Gasteiger charge is -2.15. The first-order valence-electron chi connectivity index (χ1n) is 8.51. The first-order valence-corrected chi connectivity index (χ1v) is 9.33. The smallest absolute Gasteiger partial charge is 0.348 e. The number of aromatic nitrogens is 2. The van der Waals surface area contributed by atoms with Gasteiger partial charge in [-0.25, -0.2) is 14.8 Å². The van der Waals surface area contributed by atoms with E-state index >= 15 is 0 Å². The van der Waals surface area contributed by atoms with Gasteiger partial charge in [-0.3, -0.25) is 0 Å². The van der Waals surface area contributed by atoms with Crippen LogP contribution in [0.1, 0.15) is 40.8 Å². The summed E-state index contributed by atoms with van der Waals surface area (Å²) in [5.74, 6) is 1.25. The number of hydrogen-bond donors (Lipinski definition) is 1. The van der Waals surface area contributed by atoms with Gasteiger partial charge in [0.15, 0.2) is 0 Å². The highest BCUT2D eigenvalue weighted by molar-refractivity contribution is 7.20. The molecule has 0 aliphatic carbocycles. The van der Waals surface area contributed by atoms with Gasteiger partial charge >= 0.3 is 5.97 Å². The Kier molecular flexibility index (Phi) is 5.30. The van der Waals surface area contributed by atoms with E-state index in [1.165, 1.54) is 37.3 Å². The van der Waals surface area contributed by atoms with Crippen molar-refractivity contribution in [1.82, 2.24) is 14.9 Å². The Bertz CT molecular complexity index is 738. The zero-order valence-corrected chi connectivity index (χ0v) is 15.3. The predicted octanol–water partition coefficient (Wildman–Crippen LogP) is 2.99. The van der Waals surface area contributed by atoms with Crippen LogP contribution in [0.3, 0.4) is 0 Å². The second-order valence-corrected chi connectivity index (χ2v) is 7.05. The molecule has 130 valence electrons. The molecule has 7 heteroatoms. The van der Waals surface area contributed by atoms with Crippen molar-refractivity contribution in [2.45, 2.75) is 33.6 Å². The van der Waals surface area contributed by atoms with Crippen molar-refractivity contribution in [1.29, 1.82) is 0 Å². The summed E-state index contributed by atoms with van der Waals surface area (Å²) < 4.78 is 5.15. The van der Waals surface area contributed by atoms with Crippen LogP contribution < -0.4 is 5.32 Å². The van der Waals surface area contributed by atoms with Crippen molar-refractivity contribution in [3.63, 3.8) is 0 Å². The van der Waals surface area contributed by atoms with E-state index in [0.717, 1.165) is 34.7 Å². The van der Waals surface area contributed by atoms with Crippen LogP contribution in [0.25, 0.3) is 10.2 Å². The van der Waals surface area contributed by atoms with E-state index in [1.54, 1.807) is 0 Å². The van der Waals surface area contributed by atoms with Crippen LogP contribution in [-0.2, 0) is 4.74 Å². The largest absolute Gasteiger partial charge is 0.462 e. The third kappa shape index (κ3) is 3.52. The number of thiophene rings is 1. The summed E-state index contributed by atoms with van der Waals surface area (Å²) in [5, 5.41) is 4.38. The fourth-order valence-corrected chi connectivity index (χ4v) is 4.22. The Labute approximate surface area is 146 Å². The van der Waals surface area contributed by atoms with Gasteiger partial charge in [-0.15, -0.1) is 11.3 Å². The fourth-order valence-electron chi connectivity index (χ4n) is 3.10. The minimum absolute atomic E-state index is 0.279. The molecule has 0 bridgehead atoms. The molecular weight excluding hydrogens is 324 g/mol. The van der Waals surface area contributed by atoms with Gasteiger partial charge in [-0.2, -0.15) is 0 Å². The van der Waals surface area contributed by atoms with Gasteiger partial charge in [0.2, 0.25) is 0 Å². The Morgan fingerprint density at radius 2 is 2.04 bits per heavy atom. The van der Waals surface area contributed by atoms with E-state index in [-0.39, 0.29) is 5.97 Å². The molecule has 24 heavy (non-hydrogen) atoms. The maximum Gasteiger partial charge on any atom is 0.348 e. The number of ether oxygens (including phenoxy) is 1. The van der Waals surface area contributed by atoms with E-state index in [0.29, 0.717) is 17.3 Å². The van der Waals surface area contributed by atoms with Crippen LogP contribution in [0.2, 0.25) is 0 Å². The molecule has 0 spiro atoms. The van der Waals surface area contributed by atoms with Crippen molar-refractivity contribution in [3.8, 4) is 0 Å². The molecule has 1 fully saturated rings. The average Bonchev–Trinajstić information content (AvgIpc) is 3.15. The molecule has 2 aromatic rings. The third-order valence-electron chi connectivity index (χ3n) is 4.28. The number of carbonyl (C=O) groups excluding carboxylic acids is 1. The lowest BCUT2D eigenvalue weighted by molar-refractivity contribution is 0.0531. The molecule has 3 rings (SSSR count). The van der Waals surface area contributed by atoms with Crippen LogP contribution in [0.5, 0.6) is 0 Å². The van der Waals surface area contributed by atoms with Crippen molar-refractivity contribution in [2.24, 2.45) is 0 Å². The Balaban J connectivity index is 1.84. The minimum Gasteiger partial charge on any atom is -0.462 e. The number of hydrogen-bond acceptors (Lipinski definition) is 7. The molecule has 0 amide bonds. The van der Waals surface area contributed by atoms with Gasteiger partial charge in [0, 0.05) is 13.1 Å². The number of esters is 1. The van der Waals surface area contributed by atoms with E-state index in [1.807, 2.05) is 20.8 Å². The number of nitrogens with zero attached hydrogens (tertiary/aromatic N) is 3. The van der Waals surface area contributed by atoms with Crippen LogP contribution >= 0.6 is 11.3 Å². The van der Waals surface area contributed by atoms with Gasteiger partial charge in [0.1, 0.15) is 21.3 Å². The zero-order chi connectivity index (χ0) is 17.1. The first-order chi connectivity index (χ1) is 11.6. The molecule has 0 aromatic carbocycles. The topological polar surface area (TPSA) is 67.3 Å². The predicted molar refractivity (Wildman–Crippen MR) is 97.0 cm³/mol. The highest BCUT2D eigenvalue weighted by atomic mass is 32.1. The third-order valence-corrected chi connectivity index (χ3v) is 5.45. The van der Waals surface area contributed by atoms with Gasteiger partial charge in [-0.05, 0) is 52.3 Å². The standard InChI is InChI=1S/C17H24N4O2S/c1-4-23-17(22)14-11(2)13-15(19-12(3)20-16(13)24-14)18-7-10-21-8-5-6-9-21/h4-10H2,1-3H3,(H,18,19,20). The Hall–Kier alpha value is -1.73. The van der Waals surface area contributed by atoms with E-state index in [4.69, 9.17) is 4.74 Å². The SMILES string of the molecule is CCOC(=O)c1sc2nc(C)nc(NCCN3CCCC3)c2c1C. The quantitative estimate of drug-likeness (QED) is 0.810. The Morgan fingerprint density at radius 1 is 1.29 bits per heavy atom. The number of nitrogens with one attached hydrogen (secondary N) is 1. The van der Waals surface area contributed by atoms with Crippen LogP contribution in [0.15, 0.2) is 0 Å². The summed E-state index contributed by atoms with van der Waals surface area (Å²) in [4.78, 5) is 25.1. The van der Waals surface area contributed by atoms with E-state index in [2.05, 4.69) is 20.2 Å². The monoisotopic (exact) mass is 348 g/mol. The van der Waals surface area contributed by atoms with Crippen LogP contribution in [0.4, 0.5) is 5.82 Å². The van der Waals surface area contributed by atoms with Crippen molar-refractivity contribution in [3.05, 3.63) is 16.3 Å². The molecule has 2 aromatic heterocycles. The zero-order valence-electron chi connectivity index (χ0n) is 14.5. The second-order valence-electron chi connectivity index (χ2n) is 6.05. The highest BCUT2D eigenvalue weighted by Gasteiger charge is 2.21. The van der Waals surface area contributed by atoms with Crippen LogP contribution in [0, 0.1) is 13.8 Å². The summed E-state index contributed by atoms with van der Waals surface area (Å²) in [6.45, 7) is 10.2. The average molecular weight is 348 g/mol. The normalized spacial score (nSPS) is 15.1. The van der Waals surface area contributed by atoms with E-state index in [9.17, 15) is 4.79 Å². The molecule has 0 atom stereocenters. The Morgan fingerprint density at radius 3 is 2.75 bits per heavy atom. The second kappa shape index (κ2) is 7.44. The number of carbonyl (C=O) groups is 1. The molecule has 6 nitrogen and oxygen atoms in total. The fraction of sp³-hybridized carbons (Fsp3) is 0.588. The van der Waals surface area contributed by atoms with Crippen molar-refractivity contribution in [2.75, 3.05) is 38.1 Å². The van der Waals surface area contributed by atoms with Crippen molar-refractivity contribution < 1.29 is 9.53 Å². The summed E-state index contributed by atoms with van der Waals surface area (Å²) in [6.07, 6.45) is 2.59.